The highest BCUT2D eigenvalue weighted by atomic mass is 15.2. The van der Waals surface area contributed by atoms with E-state index in [4.69, 9.17) is 4.98 Å². The van der Waals surface area contributed by atoms with Crippen LogP contribution in [0.2, 0.25) is 0 Å². The lowest BCUT2D eigenvalue weighted by Crippen LogP contribution is -2.31. The maximum Gasteiger partial charge on any atom is 0.153 e. The average molecular weight is 319 g/mol. The van der Waals surface area contributed by atoms with E-state index in [9.17, 15) is 0 Å². The van der Waals surface area contributed by atoms with Crippen LogP contribution >= 0.6 is 0 Å². The minimum absolute atomic E-state index is 0.956. The van der Waals surface area contributed by atoms with E-state index in [0.717, 1.165) is 38.3 Å². The number of aryl methyl sites for hydroxylation is 2. The van der Waals surface area contributed by atoms with Crippen molar-refractivity contribution in [1.29, 1.82) is 0 Å². The molecule has 0 aliphatic carbocycles. The number of fused-ring (bicyclic) bond motifs is 2. The van der Waals surface area contributed by atoms with Crippen molar-refractivity contribution in [2.24, 2.45) is 0 Å². The van der Waals surface area contributed by atoms with Crippen LogP contribution in [-0.2, 0) is 25.9 Å². The molecule has 1 aliphatic heterocycles. The van der Waals surface area contributed by atoms with E-state index >= 15 is 0 Å². The lowest BCUT2D eigenvalue weighted by atomic mass is 10.00. The third kappa shape index (κ3) is 2.22. The second kappa shape index (κ2) is 5.97. The molecule has 124 valence electrons. The number of nitrogens with zero attached hydrogens (tertiary/aromatic N) is 3. The molecule has 3 heterocycles. The normalized spacial score (nSPS) is 14.2. The Hall–Kier alpha value is -2.29. The molecule has 24 heavy (non-hydrogen) atoms. The number of pyridine rings is 1. The van der Waals surface area contributed by atoms with Crippen LogP contribution in [0.5, 0.6) is 0 Å². The van der Waals surface area contributed by atoms with Crippen molar-refractivity contribution in [2.75, 3.05) is 11.4 Å². The van der Waals surface area contributed by atoms with E-state index in [1.807, 2.05) is 6.20 Å². The first-order chi connectivity index (χ1) is 11.7. The smallest absolute Gasteiger partial charge is 0.153 e. The summed E-state index contributed by atoms with van der Waals surface area (Å²) in [4.78, 5) is 7.26. The van der Waals surface area contributed by atoms with Crippen molar-refractivity contribution in [3.05, 3.63) is 58.9 Å². The average Bonchev–Trinajstić information content (AvgIpc) is 2.92. The number of anilines is 1. The molecule has 3 heteroatoms. The molecule has 0 N–H and O–H groups in total. The van der Waals surface area contributed by atoms with Gasteiger partial charge in [0.2, 0.25) is 0 Å². The first-order valence-corrected chi connectivity index (χ1v) is 9.03. The molecule has 1 aliphatic rings. The zero-order chi connectivity index (χ0) is 16.7. The Morgan fingerprint density at radius 2 is 1.88 bits per heavy atom. The maximum absolute atomic E-state index is 4.81. The van der Waals surface area contributed by atoms with Crippen molar-refractivity contribution >= 4 is 16.7 Å². The Labute approximate surface area is 143 Å². The molecule has 0 amide bonds. The van der Waals surface area contributed by atoms with E-state index in [2.05, 4.69) is 60.6 Å². The van der Waals surface area contributed by atoms with Gasteiger partial charge in [0.05, 0.1) is 5.52 Å². The fourth-order valence-electron chi connectivity index (χ4n) is 4.22. The van der Waals surface area contributed by atoms with Gasteiger partial charge in [-0.05, 0) is 49.4 Å². The molecule has 0 fully saturated rings. The summed E-state index contributed by atoms with van der Waals surface area (Å²) in [6.07, 6.45) is 4.14. The van der Waals surface area contributed by atoms with Gasteiger partial charge in [-0.15, -0.1) is 0 Å². The van der Waals surface area contributed by atoms with Crippen molar-refractivity contribution in [3.8, 4) is 0 Å². The Morgan fingerprint density at radius 1 is 1.08 bits per heavy atom. The molecular weight excluding hydrogens is 294 g/mol. The maximum atomic E-state index is 4.81. The van der Waals surface area contributed by atoms with Gasteiger partial charge in [-0.25, -0.2) is 4.98 Å². The van der Waals surface area contributed by atoms with Gasteiger partial charge >= 0.3 is 0 Å². The van der Waals surface area contributed by atoms with Gasteiger partial charge in [0, 0.05) is 36.9 Å². The third-order valence-electron chi connectivity index (χ3n) is 5.42. The molecule has 0 bridgehead atoms. The number of aromatic nitrogens is 2. The van der Waals surface area contributed by atoms with Crippen molar-refractivity contribution < 1.29 is 0 Å². The van der Waals surface area contributed by atoms with Crippen LogP contribution in [-0.4, -0.2) is 16.1 Å². The molecule has 1 aromatic carbocycles. The molecule has 0 spiro atoms. The summed E-state index contributed by atoms with van der Waals surface area (Å²) >= 11 is 0. The fourth-order valence-corrected chi connectivity index (χ4v) is 4.22. The molecule has 0 unspecified atom stereocenters. The monoisotopic (exact) mass is 319 g/mol. The Balaban J connectivity index is 1.86. The van der Waals surface area contributed by atoms with Crippen LogP contribution in [0.3, 0.4) is 0 Å². The quantitative estimate of drug-likeness (QED) is 0.709. The van der Waals surface area contributed by atoms with Gasteiger partial charge in [0.1, 0.15) is 0 Å². The number of hydrogen-bond donors (Lipinski definition) is 0. The predicted molar refractivity (Wildman–Crippen MR) is 101 cm³/mol. The minimum Gasteiger partial charge on any atom is -0.350 e. The Bertz CT molecular complexity index is 891. The van der Waals surface area contributed by atoms with Crippen LogP contribution in [0, 0.1) is 6.92 Å². The predicted octanol–water partition coefficient (Wildman–Crippen LogP) is 4.49. The van der Waals surface area contributed by atoms with Crippen LogP contribution in [0.1, 0.15) is 36.2 Å². The molecule has 0 radical (unpaired) electrons. The molecule has 0 saturated carbocycles. The Kier molecular flexibility index (Phi) is 3.79. The molecular formula is C21H25N3. The number of rotatable bonds is 3. The van der Waals surface area contributed by atoms with Crippen LogP contribution < -0.4 is 4.90 Å². The van der Waals surface area contributed by atoms with Crippen LogP contribution in [0.15, 0.2) is 36.5 Å². The second-order valence-electron chi connectivity index (χ2n) is 6.64. The highest BCUT2D eigenvalue weighted by Gasteiger charge is 2.22. The topological polar surface area (TPSA) is 21.1 Å². The summed E-state index contributed by atoms with van der Waals surface area (Å²) in [5.41, 5.74) is 7.09. The molecule has 3 nitrogen and oxygen atoms in total. The molecule has 2 aromatic heterocycles. The zero-order valence-corrected chi connectivity index (χ0v) is 14.8. The van der Waals surface area contributed by atoms with Crippen molar-refractivity contribution in [3.63, 3.8) is 0 Å². The second-order valence-corrected chi connectivity index (χ2v) is 6.64. The third-order valence-corrected chi connectivity index (χ3v) is 5.42. The highest BCUT2D eigenvalue weighted by Crippen LogP contribution is 2.34. The Morgan fingerprint density at radius 3 is 2.62 bits per heavy atom. The van der Waals surface area contributed by atoms with Crippen LogP contribution in [0.25, 0.3) is 10.9 Å². The lowest BCUT2D eigenvalue weighted by Gasteiger charge is -2.30. The summed E-state index contributed by atoms with van der Waals surface area (Å²) in [5.74, 6) is 1.15. The van der Waals surface area contributed by atoms with Crippen molar-refractivity contribution in [1.82, 2.24) is 9.55 Å². The summed E-state index contributed by atoms with van der Waals surface area (Å²) < 4.78 is 2.47. The van der Waals surface area contributed by atoms with E-state index < -0.39 is 0 Å². The van der Waals surface area contributed by atoms with Gasteiger partial charge in [-0.1, -0.05) is 31.2 Å². The molecule has 4 rings (SSSR count). The summed E-state index contributed by atoms with van der Waals surface area (Å²) in [6, 6.07) is 11.0. The highest BCUT2D eigenvalue weighted by molar-refractivity contribution is 5.93. The molecule has 0 saturated heterocycles. The SMILES string of the molecule is CCc1c(C)c2ccnc(N3CCc4ccccc4C3)c2n1CC. The van der Waals surface area contributed by atoms with Gasteiger partial charge in [0.15, 0.2) is 5.82 Å². The van der Waals surface area contributed by atoms with Crippen molar-refractivity contribution in [2.45, 2.75) is 46.7 Å². The summed E-state index contributed by atoms with van der Waals surface area (Å²) in [7, 11) is 0. The standard InChI is InChI=1S/C21H25N3/c1-4-19-15(3)18-10-12-22-21(20(18)24(19)5-2)23-13-11-16-8-6-7-9-17(16)14-23/h6-10,12H,4-5,11,13-14H2,1-3H3. The lowest BCUT2D eigenvalue weighted by molar-refractivity contribution is 0.708. The summed E-state index contributed by atoms with van der Waals surface area (Å²) in [6.45, 7) is 9.73. The first-order valence-electron chi connectivity index (χ1n) is 9.03. The van der Waals surface area contributed by atoms with Gasteiger partial charge in [0.25, 0.3) is 0 Å². The first kappa shape index (κ1) is 15.3. The number of benzene rings is 1. The summed E-state index contributed by atoms with van der Waals surface area (Å²) in [5, 5.41) is 1.36. The van der Waals surface area contributed by atoms with E-state index in [0.29, 0.717) is 0 Å². The van der Waals surface area contributed by atoms with Crippen LogP contribution in [0.4, 0.5) is 5.82 Å². The van der Waals surface area contributed by atoms with E-state index in [-0.39, 0.29) is 0 Å². The fraction of sp³-hybridized carbons (Fsp3) is 0.381. The largest absolute Gasteiger partial charge is 0.350 e. The van der Waals surface area contributed by atoms with Gasteiger partial charge in [-0.3, -0.25) is 0 Å². The molecule has 3 aromatic rings. The van der Waals surface area contributed by atoms with Gasteiger partial charge in [-0.2, -0.15) is 0 Å². The van der Waals surface area contributed by atoms with E-state index in [1.165, 1.54) is 33.3 Å². The molecule has 0 atom stereocenters. The number of hydrogen-bond acceptors (Lipinski definition) is 2. The van der Waals surface area contributed by atoms with E-state index in [1.54, 1.807) is 0 Å². The minimum atomic E-state index is 0.956. The van der Waals surface area contributed by atoms with Gasteiger partial charge < -0.3 is 9.47 Å². The zero-order valence-electron chi connectivity index (χ0n) is 14.8.